The lowest BCUT2D eigenvalue weighted by molar-refractivity contribution is 0.289. The van der Waals surface area contributed by atoms with Crippen molar-refractivity contribution < 1.29 is 18.6 Å². The number of rotatable bonds is 3. The van der Waals surface area contributed by atoms with Gasteiger partial charge in [-0.2, -0.15) is 4.39 Å². The molecule has 0 aliphatic rings. The Bertz CT molecular complexity index is 300. The molecule has 0 amide bonds. The Balaban J connectivity index is 2.90. The Morgan fingerprint density at radius 3 is 2.69 bits per heavy atom. The van der Waals surface area contributed by atoms with E-state index in [4.69, 9.17) is 9.84 Å². The number of ether oxygens (including phenoxy) is 1. The van der Waals surface area contributed by atoms with Crippen molar-refractivity contribution in [2.45, 2.75) is 13.3 Å². The molecule has 2 nitrogen and oxygen atoms in total. The van der Waals surface area contributed by atoms with Gasteiger partial charge in [-0.05, 0) is 18.6 Å². The molecule has 13 heavy (non-hydrogen) atoms. The topological polar surface area (TPSA) is 29.5 Å². The molecule has 0 bridgehead atoms. The van der Waals surface area contributed by atoms with E-state index in [-0.39, 0.29) is 5.75 Å². The summed E-state index contributed by atoms with van der Waals surface area (Å²) in [6.45, 7) is 2.23. The summed E-state index contributed by atoms with van der Waals surface area (Å²) in [7, 11) is 0. The monoisotopic (exact) mass is 188 g/mol. The summed E-state index contributed by atoms with van der Waals surface area (Å²) >= 11 is 0. The molecule has 0 radical (unpaired) electrons. The maximum Gasteiger partial charge on any atom is 0.204 e. The molecule has 0 spiro atoms. The summed E-state index contributed by atoms with van der Waals surface area (Å²) in [5.41, 5.74) is 0. The summed E-state index contributed by atoms with van der Waals surface area (Å²) in [6.07, 6.45) is 0.735. The van der Waals surface area contributed by atoms with E-state index in [0.717, 1.165) is 12.5 Å². The number of aromatic hydroxyl groups is 1. The van der Waals surface area contributed by atoms with E-state index in [1.807, 2.05) is 6.92 Å². The highest BCUT2D eigenvalue weighted by Crippen LogP contribution is 2.30. The van der Waals surface area contributed by atoms with Gasteiger partial charge in [0.05, 0.1) is 6.61 Å². The molecule has 0 atom stereocenters. The van der Waals surface area contributed by atoms with Gasteiger partial charge in [0.1, 0.15) is 0 Å². The van der Waals surface area contributed by atoms with Gasteiger partial charge in [0, 0.05) is 0 Å². The van der Waals surface area contributed by atoms with Gasteiger partial charge < -0.3 is 9.84 Å². The molecule has 0 aliphatic carbocycles. The Hall–Kier alpha value is -1.32. The molecule has 0 aliphatic heterocycles. The largest absolute Gasteiger partial charge is 0.502 e. The third-order valence-electron chi connectivity index (χ3n) is 1.49. The average molecular weight is 188 g/mol. The Morgan fingerprint density at radius 1 is 1.38 bits per heavy atom. The van der Waals surface area contributed by atoms with E-state index in [1.54, 1.807) is 0 Å². The second kappa shape index (κ2) is 4.07. The van der Waals surface area contributed by atoms with Gasteiger partial charge in [-0.25, -0.2) is 4.39 Å². The standard InChI is InChI=1S/C9H10F2O2/c1-2-5-13-7-4-3-6(10)8(11)9(7)12/h3-4,12H,2,5H2,1H3. The van der Waals surface area contributed by atoms with Gasteiger partial charge in [0.2, 0.25) is 5.82 Å². The van der Waals surface area contributed by atoms with E-state index in [1.165, 1.54) is 6.07 Å². The fourth-order valence-electron chi connectivity index (χ4n) is 0.851. The van der Waals surface area contributed by atoms with E-state index in [0.29, 0.717) is 6.61 Å². The minimum Gasteiger partial charge on any atom is -0.502 e. The predicted molar refractivity (Wildman–Crippen MR) is 43.8 cm³/mol. The highest BCUT2D eigenvalue weighted by Gasteiger charge is 2.12. The van der Waals surface area contributed by atoms with Gasteiger partial charge in [-0.15, -0.1) is 0 Å². The number of phenols is 1. The molecule has 1 rings (SSSR count). The van der Waals surface area contributed by atoms with E-state index >= 15 is 0 Å². The van der Waals surface area contributed by atoms with Crippen LogP contribution in [0.2, 0.25) is 0 Å². The SMILES string of the molecule is CCCOc1ccc(F)c(F)c1O. The van der Waals surface area contributed by atoms with Gasteiger partial charge in [0.25, 0.3) is 0 Å². The fraction of sp³-hybridized carbons (Fsp3) is 0.333. The Labute approximate surface area is 74.8 Å². The van der Waals surface area contributed by atoms with E-state index in [9.17, 15) is 8.78 Å². The Morgan fingerprint density at radius 2 is 2.08 bits per heavy atom. The van der Waals surface area contributed by atoms with Crippen molar-refractivity contribution in [3.8, 4) is 11.5 Å². The molecule has 1 aromatic carbocycles. The molecule has 0 unspecified atom stereocenters. The lowest BCUT2D eigenvalue weighted by atomic mass is 10.3. The fourth-order valence-corrected chi connectivity index (χ4v) is 0.851. The first-order chi connectivity index (χ1) is 6.16. The van der Waals surface area contributed by atoms with Crippen LogP contribution in [0.15, 0.2) is 12.1 Å². The van der Waals surface area contributed by atoms with Gasteiger partial charge in [0.15, 0.2) is 17.3 Å². The summed E-state index contributed by atoms with van der Waals surface area (Å²) < 4.78 is 30.2. The van der Waals surface area contributed by atoms with Crippen LogP contribution in [0, 0.1) is 11.6 Å². The number of benzene rings is 1. The second-order valence-electron chi connectivity index (χ2n) is 2.56. The molecule has 0 fully saturated rings. The third kappa shape index (κ3) is 2.08. The van der Waals surface area contributed by atoms with Crippen LogP contribution < -0.4 is 4.74 Å². The number of phenolic OH excluding ortho intramolecular Hbond substituents is 1. The summed E-state index contributed by atoms with van der Waals surface area (Å²) in [5.74, 6) is -3.15. The minimum atomic E-state index is -1.27. The minimum absolute atomic E-state index is 0.0271. The molecule has 0 aromatic heterocycles. The van der Waals surface area contributed by atoms with Crippen molar-refractivity contribution in [3.63, 3.8) is 0 Å². The van der Waals surface area contributed by atoms with E-state index < -0.39 is 17.4 Å². The highest BCUT2D eigenvalue weighted by atomic mass is 19.2. The molecule has 0 saturated heterocycles. The van der Waals surface area contributed by atoms with Crippen molar-refractivity contribution in [2.75, 3.05) is 6.61 Å². The van der Waals surface area contributed by atoms with Crippen LogP contribution in [-0.4, -0.2) is 11.7 Å². The molecule has 0 saturated carbocycles. The zero-order chi connectivity index (χ0) is 9.84. The molecular formula is C9H10F2O2. The smallest absolute Gasteiger partial charge is 0.204 e. The molecule has 1 N–H and O–H groups in total. The van der Waals surface area contributed by atoms with Crippen LogP contribution in [0.5, 0.6) is 11.5 Å². The normalized spacial score (nSPS) is 10.1. The number of hydrogen-bond acceptors (Lipinski definition) is 2. The summed E-state index contributed by atoms with van der Waals surface area (Å²) in [4.78, 5) is 0. The van der Waals surface area contributed by atoms with Gasteiger partial charge in [-0.3, -0.25) is 0 Å². The number of hydrogen-bond donors (Lipinski definition) is 1. The van der Waals surface area contributed by atoms with Crippen molar-refractivity contribution in [1.82, 2.24) is 0 Å². The van der Waals surface area contributed by atoms with Crippen LogP contribution in [0.3, 0.4) is 0 Å². The first-order valence-corrected chi connectivity index (χ1v) is 3.96. The van der Waals surface area contributed by atoms with Crippen LogP contribution in [0.4, 0.5) is 8.78 Å². The predicted octanol–water partition coefficient (Wildman–Crippen LogP) is 2.46. The first-order valence-electron chi connectivity index (χ1n) is 3.96. The Kier molecular flexibility index (Phi) is 3.06. The summed E-state index contributed by atoms with van der Waals surface area (Å²) in [5, 5.41) is 9.07. The van der Waals surface area contributed by atoms with Crippen LogP contribution >= 0.6 is 0 Å². The zero-order valence-corrected chi connectivity index (χ0v) is 7.18. The van der Waals surface area contributed by atoms with Crippen LogP contribution in [-0.2, 0) is 0 Å². The van der Waals surface area contributed by atoms with Crippen molar-refractivity contribution >= 4 is 0 Å². The lowest BCUT2D eigenvalue weighted by Gasteiger charge is -2.06. The molecule has 0 heterocycles. The first kappa shape index (κ1) is 9.77. The van der Waals surface area contributed by atoms with E-state index in [2.05, 4.69) is 0 Å². The molecular weight excluding hydrogens is 178 g/mol. The summed E-state index contributed by atoms with van der Waals surface area (Å²) in [6, 6.07) is 2.11. The van der Waals surface area contributed by atoms with Gasteiger partial charge >= 0.3 is 0 Å². The maximum atomic E-state index is 12.7. The average Bonchev–Trinajstić information content (AvgIpc) is 2.13. The van der Waals surface area contributed by atoms with Crippen molar-refractivity contribution in [2.24, 2.45) is 0 Å². The molecule has 1 aromatic rings. The molecule has 4 heteroatoms. The number of halogens is 2. The van der Waals surface area contributed by atoms with Crippen molar-refractivity contribution in [3.05, 3.63) is 23.8 Å². The van der Waals surface area contributed by atoms with Crippen LogP contribution in [0.25, 0.3) is 0 Å². The highest BCUT2D eigenvalue weighted by molar-refractivity contribution is 5.40. The molecule has 72 valence electrons. The van der Waals surface area contributed by atoms with Crippen molar-refractivity contribution in [1.29, 1.82) is 0 Å². The lowest BCUT2D eigenvalue weighted by Crippen LogP contribution is -1.97. The van der Waals surface area contributed by atoms with Gasteiger partial charge in [-0.1, -0.05) is 6.92 Å². The van der Waals surface area contributed by atoms with Crippen LogP contribution in [0.1, 0.15) is 13.3 Å². The second-order valence-corrected chi connectivity index (χ2v) is 2.56. The zero-order valence-electron chi connectivity index (χ0n) is 7.18. The third-order valence-corrected chi connectivity index (χ3v) is 1.49. The quantitative estimate of drug-likeness (QED) is 0.789. The maximum absolute atomic E-state index is 12.7.